The van der Waals surface area contributed by atoms with Crippen LogP contribution in [0.15, 0.2) is 48.5 Å². The van der Waals surface area contributed by atoms with Gasteiger partial charge in [-0.25, -0.2) is 9.18 Å². The largest absolute Gasteiger partial charge is 0.482 e. The lowest BCUT2D eigenvalue weighted by Gasteiger charge is -2.43. The highest BCUT2D eigenvalue weighted by atomic mass is 19.1. The van der Waals surface area contributed by atoms with Gasteiger partial charge in [0.05, 0.1) is 5.41 Å². The van der Waals surface area contributed by atoms with E-state index in [1.165, 1.54) is 12.1 Å². The van der Waals surface area contributed by atoms with Gasteiger partial charge in [-0.2, -0.15) is 0 Å². The van der Waals surface area contributed by atoms with Crippen LogP contribution >= 0.6 is 0 Å². The number of halogens is 1. The summed E-state index contributed by atoms with van der Waals surface area (Å²) >= 11 is 0. The van der Waals surface area contributed by atoms with E-state index in [1.807, 2.05) is 0 Å². The highest BCUT2D eigenvalue weighted by Gasteiger charge is 2.47. The summed E-state index contributed by atoms with van der Waals surface area (Å²) in [6.07, 6.45) is 2.32. The molecule has 1 aliphatic rings. The van der Waals surface area contributed by atoms with E-state index in [-0.39, 0.29) is 11.7 Å². The first-order valence-electron chi connectivity index (χ1n) is 8.41. The molecule has 0 radical (unpaired) electrons. The molecule has 1 saturated carbocycles. The number of ether oxygens (including phenoxy) is 1. The number of amides is 1. The van der Waals surface area contributed by atoms with E-state index in [2.05, 4.69) is 0 Å². The van der Waals surface area contributed by atoms with Crippen molar-refractivity contribution in [2.45, 2.75) is 24.7 Å². The first-order valence-corrected chi connectivity index (χ1v) is 8.41. The first-order chi connectivity index (χ1) is 12.4. The summed E-state index contributed by atoms with van der Waals surface area (Å²) in [6.45, 7) is -0.420. The van der Waals surface area contributed by atoms with E-state index in [0.717, 1.165) is 6.42 Å². The van der Waals surface area contributed by atoms with E-state index < -0.39 is 18.0 Å². The Bertz CT molecular complexity index is 815. The van der Waals surface area contributed by atoms with Gasteiger partial charge in [0.15, 0.2) is 6.61 Å². The maximum atomic E-state index is 13.6. The van der Waals surface area contributed by atoms with Gasteiger partial charge >= 0.3 is 5.97 Å². The summed E-state index contributed by atoms with van der Waals surface area (Å²) in [4.78, 5) is 25.3. The van der Waals surface area contributed by atoms with Crippen molar-refractivity contribution in [3.8, 4) is 5.75 Å². The van der Waals surface area contributed by atoms with Crippen molar-refractivity contribution in [1.29, 1.82) is 0 Å². The zero-order valence-electron chi connectivity index (χ0n) is 14.4. The fourth-order valence-electron chi connectivity index (χ4n) is 3.29. The summed E-state index contributed by atoms with van der Waals surface area (Å²) in [7, 11) is 1.69. The van der Waals surface area contributed by atoms with E-state index in [1.54, 1.807) is 48.3 Å². The molecule has 1 fully saturated rings. The monoisotopic (exact) mass is 357 g/mol. The fourth-order valence-corrected chi connectivity index (χ4v) is 3.29. The summed E-state index contributed by atoms with van der Waals surface area (Å²) in [5.74, 6) is -1.05. The van der Waals surface area contributed by atoms with Crippen molar-refractivity contribution < 1.29 is 23.8 Å². The molecule has 0 saturated heterocycles. The number of aliphatic carboxylic acids is 1. The minimum absolute atomic E-state index is 0.0754. The summed E-state index contributed by atoms with van der Waals surface area (Å²) in [5, 5.41) is 8.64. The summed E-state index contributed by atoms with van der Waals surface area (Å²) in [5.41, 5.74) is 0.692. The lowest BCUT2D eigenvalue weighted by atomic mass is 9.63. The first kappa shape index (κ1) is 17.9. The Hall–Kier alpha value is -2.89. The molecular weight excluding hydrogens is 337 g/mol. The number of likely N-dealkylation sites (N-methyl/N-ethyl adjacent to an activating group) is 1. The molecule has 5 nitrogen and oxygen atoms in total. The van der Waals surface area contributed by atoms with Crippen molar-refractivity contribution in [2.75, 3.05) is 18.6 Å². The molecule has 1 N–H and O–H groups in total. The van der Waals surface area contributed by atoms with E-state index in [4.69, 9.17) is 9.84 Å². The lowest BCUT2D eigenvalue weighted by Crippen LogP contribution is -2.50. The van der Waals surface area contributed by atoms with Gasteiger partial charge in [0.1, 0.15) is 11.6 Å². The molecule has 0 aliphatic heterocycles. The van der Waals surface area contributed by atoms with Crippen molar-refractivity contribution in [2.24, 2.45) is 0 Å². The van der Waals surface area contributed by atoms with Crippen molar-refractivity contribution in [3.63, 3.8) is 0 Å². The van der Waals surface area contributed by atoms with Gasteiger partial charge in [-0.05, 0) is 54.8 Å². The molecule has 0 atom stereocenters. The van der Waals surface area contributed by atoms with Gasteiger partial charge in [0, 0.05) is 12.7 Å². The van der Waals surface area contributed by atoms with Crippen LogP contribution in [-0.4, -0.2) is 30.6 Å². The Morgan fingerprint density at radius 3 is 2.42 bits per heavy atom. The molecule has 0 heterocycles. The smallest absolute Gasteiger partial charge is 0.341 e. The number of hydrogen-bond donors (Lipinski definition) is 1. The van der Waals surface area contributed by atoms with Crippen LogP contribution in [0.25, 0.3) is 0 Å². The Morgan fingerprint density at radius 2 is 1.88 bits per heavy atom. The second-order valence-corrected chi connectivity index (χ2v) is 6.49. The molecule has 26 heavy (non-hydrogen) atoms. The number of carbonyl (C=O) groups is 2. The SMILES string of the molecule is CN(C(=O)C1(c2cccc(F)c2)CCC1)c1ccc(OCC(=O)O)cc1. The third-order valence-electron chi connectivity index (χ3n) is 4.88. The standard InChI is InChI=1S/C20H20FNO4/c1-22(16-6-8-17(9-7-16)26-13-18(23)24)19(25)20(10-3-11-20)14-4-2-5-15(21)12-14/h2,4-9,12H,3,10-11,13H2,1H3,(H,23,24). The molecule has 1 amide bonds. The number of rotatable bonds is 6. The molecule has 0 bridgehead atoms. The second kappa shape index (κ2) is 7.15. The fraction of sp³-hybridized carbons (Fsp3) is 0.300. The zero-order chi connectivity index (χ0) is 18.7. The topological polar surface area (TPSA) is 66.8 Å². The summed E-state index contributed by atoms with van der Waals surface area (Å²) < 4.78 is 18.7. The van der Waals surface area contributed by atoms with Crippen molar-refractivity contribution in [1.82, 2.24) is 0 Å². The molecule has 2 aromatic rings. The van der Waals surface area contributed by atoms with Crippen molar-refractivity contribution >= 4 is 17.6 Å². The quantitative estimate of drug-likeness (QED) is 0.861. The van der Waals surface area contributed by atoms with Gasteiger partial charge < -0.3 is 14.7 Å². The van der Waals surface area contributed by atoms with E-state index >= 15 is 0 Å². The predicted molar refractivity (Wildman–Crippen MR) is 94.9 cm³/mol. The predicted octanol–water partition coefficient (Wildman–Crippen LogP) is 3.37. The van der Waals surface area contributed by atoms with Crippen LogP contribution in [0.4, 0.5) is 10.1 Å². The molecule has 1 aliphatic carbocycles. The van der Waals surface area contributed by atoms with Gasteiger partial charge in [0.25, 0.3) is 0 Å². The number of carboxylic acids is 1. The van der Waals surface area contributed by atoms with Gasteiger partial charge in [0.2, 0.25) is 5.91 Å². The van der Waals surface area contributed by atoms with Crippen LogP contribution in [0.5, 0.6) is 5.75 Å². The van der Waals surface area contributed by atoms with Gasteiger partial charge in [-0.1, -0.05) is 18.6 Å². The number of hydrogen-bond acceptors (Lipinski definition) is 3. The molecule has 0 spiro atoms. The van der Waals surface area contributed by atoms with Crippen LogP contribution in [-0.2, 0) is 15.0 Å². The number of carboxylic acid groups (broad SMARTS) is 1. The molecular formula is C20H20FNO4. The minimum Gasteiger partial charge on any atom is -0.482 e. The third kappa shape index (κ3) is 3.40. The third-order valence-corrected chi connectivity index (χ3v) is 4.88. The van der Waals surface area contributed by atoms with Crippen LogP contribution in [0.1, 0.15) is 24.8 Å². The number of benzene rings is 2. The van der Waals surface area contributed by atoms with Crippen LogP contribution in [0.3, 0.4) is 0 Å². The average Bonchev–Trinajstić information content (AvgIpc) is 2.59. The lowest BCUT2D eigenvalue weighted by molar-refractivity contribution is -0.139. The van der Waals surface area contributed by atoms with Gasteiger partial charge in [-0.15, -0.1) is 0 Å². The number of anilines is 1. The number of carbonyl (C=O) groups excluding carboxylic acids is 1. The normalized spacial score (nSPS) is 15.0. The molecule has 0 unspecified atom stereocenters. The maximum Gasteiger partial charge on any atom is 0.341 e. The maximum absolute atomic E-state index is 13.6. The molecule has 2 aromatic carbocycles. The molecule has 3 rings (SSSR count). The Morgan fingerprint density at radius 1 is 1.19 bits per heavy atom. The van der Waals surface area contributed by atoms with Crippen LogP contribution in [0.2, 0.25) is 0 Å². The Balaban J connectivity index is 1.79. The Labute approximate surface area is 151 Å². The van der Waals surface area contributed by atoms with E-state index in [0.29, 0.717) is 29.8 Å². The average molecular weight is 357 g/mol. The Kier molecular flexibility index (Phi) is 4.93. The molecule has 6 heteroatoms. The molecule has 136 valence electrons. The number of nitrogens with zero attached hydrogens (tertiary/aromatic N) is 1. The zero-order valence-corrected chi connectivity index (χ0v) is 14.4. The second-order valence-electron chi connectivity index (χ2n) is 6.49. The molecule has 0 aromatic heterocycles. The highest BCUT2D eigenvalue weighted by Crippen LogP contribution is 2.45. The van der Waals surface area contributed by atoms with Crippen LogP contribution < -0.4 is 9.64 Å². The van der Waals surface area contributed by atoms with E-state index in [9.17, 15) is 14.0 Å². The summed E-state index contributed by atoms with van der Waals surface area (Å²) in [6, 6.07) is 12.9. The highest BCUT2D eigenvalue weighted by molar-refractivity contribution is 6.01. The van der Waals surface area contributed by atoms with Crippen molar-refractivity contribution in [3.05, 3.63) is 59.9 Å². The minimum atomic E-state index is -1.05. The van der Waals surface area contributed by atoms with Gasteiger partial charge in [-0.3, -0.25) is 4.79 Å². The van der Waals surface area contributed by atoms with Crippen LogP contribution in [0, 0.1) is 5.82 Å².